The number of hydrogen-bond acceptors (Lipinski definition) is 7. The summed E-state index contributed by atoms with van der Waals surface area (Å²) in [6.07, 6.45) is 1.68. The Morgan fingerprint density at radius 1 is 1.00 bits per heavy atom. The molecule has 0 radical (unpaired) electrons. The molecule has 0 unspecified atom stereocenters. The molecule has 5 aromatic rings. The number of rotatable bonds is 7. The molecule has 2 heterocycles. The van der Waals surface area contributed by atoms with Gasteiger partial charge in [-0.05, 0) is 35.4 Å². The number of para-hydroxylation sites is 1. The van der Waals surface area contributed by atoms with Crippen LogP contribution in [0.2, 0.25) is 0 Å². The molecule has 0 bridgehead atoms. The van der Waals surface area contributed by atoms with E-state index in [2.05, 4.69) is 15.4 Å². The summed E-state index contributed by atoms with van der Waals surface area (Å²) in [5.74, 6) is -0.970. The van der Waals surface area contributed by atoms with E-state index in [1.807, 2.05) is 43.3 Å². The number of aryl methyl sites for hydroxylation is 1. The quantitative estimate of drug-likeness (QED) is 0.321. The molecule has 0 spiro atoms. The number of aromatic nitrogens is 3. The van der Waals surface area contributed by atoms with Gasteiger partial charge >= 0.3 is 5.97 Å². The lowest BCUT2D eigenvalue weighted by Gasteiger charge is -2.12. The molecule has 1 N–H and O–H groups in total. The highest BCUT2D eigenvalue weighted by Gasteiger charge is 2.17. The van der Waals surface area contributed by atoms with Crippen LogP contribution in [0.3, 0.4) is 0 Å². The van der Waals surface area contributed by atoms with Crippen molar-refractivity contribution < 1.29 is 14.3 Å². The number of amides is 1. The van der Waals surface area contributed by atoms with E-state index < -0.39 is 5.97 Å². The second-order valence-electron chi connectivity index (χ2n) is 8.13. The third-order valence-electron chi connectivity index (χ3n) is 5.58. The number of benzene rings is 3. The molecule has 0 saturated heterocycles. The Labute approximate surface area is 210 Å². The lowest BCUT2D eigenvalue weighted by atomic mass is 10.0. The first-order valence-corrected chi connectivity index (χ1v) is 12.3. The molecule has 0 atom stereocenters. The van der Waals surface area contributed by atoms with Crippen molar-refractivity contribution in [3.63, 3.8) is 0 Å². The van der Waals surface area contributed by atoms with Crippen molar-refractivity contribution in [1.82, 2.24) is 14.6 Å². The molecular weight excluding hydrogens is 476 g/mol. The maximum absolute atomic E-state index is 13.1. The Bertz CT molecular complexity index is 1650. The van der Waals surface area contributed by atoms with Crippen molar-refractivity contribution in [3.8, 4) is 0 Å². The molecule has 1 amide bonds. The molecule has 180 valence electrons. The van der Waals surface area contributed by atoms with Gasteiger partial charge in [0.15, 0.2) is 0 Å². The minimum atomic E-state index is -0.637. The molecule has 5 rings (SSSR count). The number of carbonyl (C=O) groups is 2. The molecule has 0 aliphatic rings. The summed E-state index contributed by atoms with van der Waals surface area (Å²) in [5, 5.41) is 9.70. The van der Waals surface area contributed by atoms with Crippen molar-refractivity contribution in [2.45, 2.75) is 26.4 Å². The minimum absolute atomic E-state index is 0.183. The first-order valence-electron chi connectivity index (χ1n) is 11.5. The average Bonchev–Trinajstić information content (AvgIpc) is 3.30. The lowest BCUT2D eigenvalue weighted by Crippen LogP contribution is -2.18. The van der Waals surface area contributed by atoms with E-state index >= 15 is 0 Å². The molecule has 3 aromatic carbocycles. The van der Waals surface area contributed by atoms with Crippen LogP contribution >= 0.6 is 11.3 Å². The monoisotopic (exact) mass is 498 g/mol. The highest BCUT2D eigenvalue weighted by Crippen LogP contribution is 2.22. The van der Waals surface area contributed by atoms with E-state index in [0.29, 0.717) is 21.9 Å². The summed E-state index contributed by atoms with van der Waals surface area (Å²) < 4.78 is 6.72. The van der Waals surface area contributed by atoms with Gasteiger partial charge in [-0.1, -0.05) is 66.8 Å². The number of esters is 1. The van der Waals surface area contributed by atoms with Gasteiger partial charge in [0.2, 0.25) is 4.96 Å². The SMILES string of the molecule is CCCc1nn2c(=O)cc(COC(=O)c3ccccc3NC(=O)c3cccc4ccccc34)nc2s1. The average molecular weight is 499 g/mol. The molecule has 2 aromatic heterocycles. The van der Waals surface area contributed by atoms with Crippen molar-refractivity contribution >= 4 is 44.6 Å². The van der Waals surface area contributed by atoms with Crippen molar-refractivity contribution in [2.24, 2.45) is 0 Å². The van der Waals surface area contributed by atoms with Gasteiger partial charge in [-0.25, -0.2) is 9.78 Å². The van der Waals surface area contributed by atoms with Gasteiger partial charge in [0.05, 0.1) is 16.9 Å². The topological polar surface area (TPSA) is 103 Å². The summed E-state index contributed by atoms with van der Waals surface area (Å²) in [7, 11) is 0. The highest BCUT2D eigenvalue weighted by molar-refractivity contribution is 7.16. The summed E-state index contributed by atoms with van der Waals surface area (Å²) in [6.45, 7) is 1.85. The van der Waals surface area contributed by atoms with Crippen LogP contribution in [-0.4, -0.2) is 26.5 Å². The van der Waals surface area contributed by atoms with E-state index in [1.54, 1.807) is 30.3 Å². The normalized spacial score (nSPS) is 11.0. The van der Waals surface area contributed by atoms with Crippen LogP contribution < -0.4 is 10.9 Å². The van der Waals surface area contributed by atoms with E-state index in [4.69, 9.17) is 4.74 Å². The van der Waals surface area contributed by atoms with Gasteiger partial charge in [0, 0.05) is 18.1 Å². The molecule has 9 heteroatoms. The molecule has 0 fully saturated rings. The Morgan fingerprint density at radius 3 is 2.61 bits per heavy atom. The summed E-state index contributed by atoms with van der Waals surface area (Å²) >= 11 is 1.34. The zero-order chi connectivity index (χ0) is 25.1. The van der Waals surface area contributed by atoms with E-state index in [-0.39, 0.29) is 23.6 Å². The molecule has 0 saturated carbocycles. The summed E-state index contributed by atoms with van der Waals surface area (Å²) in [4.78, 5) is 43.3. The Morgan fingerprint density at radius 2 is 1.75 bits per heavy atom. The van der Waals surface area contributed by atoms with Gasteiger partial charge in [-0.15, -0.1) is 0 Å². The molecule has 8 nitrogen and oxygen atoms in total. The molecule has 36 heavy (non-hydrogen) atoms. The largest absolute Gasteiger partial charge is 0.456 e. The fourth-order valence-electron chi connectivity index (χ4n) is 3.89. The van der Waals surface area contributed by atoms with Gasteiger partial charge in [-0.2, -0.15) is 9.61 Å². The molecule has 0 aliphatic carbocycles. The van der Waals surface area contributed by atoms with Crippen LogP contribution in [0.4, 0.5) is 5.69 Å². The van der Waals surface area contributed by atoms with Crippen LogP contribution in [0.15, 0.2) is 77.6 Å². The Balaban J connectivity index is 1.34. The maximum atomic E-state index is 13.1. The van der Waals surface area contributed by atoms with E-state index in [9.17, 15) is 14.4 Å². The number of hydrogen-bond donors (Lipinski definition) is 1. The number of ether oxygens (including phenoxy) is 1. The van der Waals surface area contributed by atoms with Gasteiger partial charge in [0.1, 0.15) is 11.6 Å². The number of anilines is 1. The number of nitrogens with zero attached hydrogens (tertiary/aromatic N) is 3. The molecular formula is C27H22N4O4S. The van der Waals surface area contributed by atoms with Gasteiger partial charge in [0.25, 0.3) is 11.5 Å². The maximum Gasteiger partial charge on any atom is 0.340 e. The van der Waals surface area contributed by atoms with Crippen molar-refractivity contribution in [1.29, 1.82) is 0 Å². The van der Waals surface area contributed by atoms with Crippen molar-refractivity contribution in [3.05, 3.63) is 105 Å². The lowest BCUT2D eigenvalue weighted by molar-refractivity contribution is 0.0469. The van der Waals surface area contributed by atoms with Crippen LogP contribution in [0.25, 0.3) is 15.7 Å². The first kappa shape index (κ1) is 23.4. The van der Waals surface area contributed by atoms with Gasteiger partial charge < -0.3 is 10.1 Å². The third kappa shape index (κ3) is 4.73. The highest BCUT2D eigenvalue weighted by atomic mass is 32.1. The number of carbonyl (C=O) groups excluding carboxylic acids is 2. The number of fused-ring (bicyclic) bond motifs is 2. The van der Waals surface area contributed by atoms with Crippen LogP contribution in [0.1, 0.15) is 44.8 Å². The second-order valence-corrected chi connectivity index (χ2v) is 9.17. The summed E-state index contributed by atoms with van der Waals surface area (Å²) in [5.41, 5.74) is 1.04. The van der Waals surface area contributed by atoms with Gasteiger partial charge in [-0.3, -0.25) is 9.59 Å². The zero-order valence-corrected chi connectivity index (χ0v) is 20.2. The minimum Gasteiger partial charge on any atom is -0.456 e. The van der Waals surface area contributed by atoms with E-state index in [1.165, 1.54) is 21.9 Å². The Kier molecular flexibility index (Phi) is 6.55. The third-order valence-corrected chi connectivity index (χ3v) is 6.55. The predicted molar refractivity (Wildman–Crippen MR) is 139 cm³/mol. The van der Waals surface area contributed by atoms with Crippen LogP contribution in [0.5, 0.6) is 0 Å². The standard InChI is InChI=1S/C27H22N4O4S/c1-2-8-23-30-31-24(32)15-18(28-27(31)36-23)16-35-26(34)21-12-5-6-14-22(21)29-25(33)20-13-7-10-17-9-3-4-11-19(17)20/h3-7,9-15H,2,8,16H2,1H3,(H,29,33). The second kappa shape index (κ2) is 10.1. The van der Waals surface area contributed by atoms with Crippen LogP contribution in [-0.2, 0) is 17.8 Å². The van der Waals surface area contributed by atoms with Crippen molar-refractivity contribution in [2.75, 3.05) is 5.32 Å². The molecule has 0 aliphatic heterocycles. The Hall–Kier alpha value is -4.37. The number of nitrogens with one attached hydrogen (secondary N) is 1. The fraction of sp³-hybridized carbons (Fsp3) is 0.148. The zero-order valence-electron chi connectivity index (χ0n) is 19.4. The smallest absolute Gasteiger partial charge is 0.340 e. The fourth-order valence-corrected chi connectivity index (χ4v) is 4.90. The first-order chi connectivity index (χ1) is 17.5. The predicted octanol–water partition coefficient (Wildman–Crippen LogP) is 4.87. The van der Waals surface area contributed by atoms with Crippen LogP contribution in [0, 0.1) is 0 Å². The van der Waals surface area contributed by atoms with E-state index in [0.717, 1.165) is 28.6 Å². The summed E-state index contributed by atoms with van der Waals surface area (Å²) in [6, 6.07) is 21.0.